The van der Waals surface area contributed by atoms with E-state index in [-0.39, 0.29) is 0 Å². The average Bonchev–Trinajstić information content (AvgIpc) is 2.03. The van der Waals surface area contributed by atoms with Gasteiger partial charge in [-0.2, -0.15) is 0 Å². The maximum Gasteiger partial charge on any atom is 0.106 e. The first-order chi connectivity index (χ1) is 5.26. The lowest BCUT2D eigenvalue weighted by Crippen LogP contribution is -2.46. The highest BCUT2D eigenvalue weighted by atomic mass is 16.8. The first-order valence-corrected chi connectivity index (χ1v) is 3.50. The van der Waals surface area contributed by atoms with Crippen LogP contribution in [0.2, 0.25) is 0 Å². The van der Waals surface area contributed by atoms with Crippen LogP contribution in [0.3, 0.4) is 0 Å². The average molecular weight is 160 g/mol. The number of hydrazine groups is 2. The van der Waals surface area contributed by atoms with Gasteiger partial charge in [-0.25, -0.2) is 10.3 Å². The molecule has 0 saturated carbocycles. The fourth-order valence-corrected chi connectivity index (χ4v) is 0.621. The molecular formula is C6H14N3O2-. The fourth-order valence-electron chi connectivity index (χ4n) is 0.621. The van der Waals surface area contributed by atoms with E-state index in [1.165, 1.54) is 5.01 Å². The second-order valence-electron chi connectivity index (χ2n) is 1.79. The summed E-state index contributed by atoms with van der Waals surface area (Å²) in [5.41, 5.74) is 2.12. The van der Waals surface area contributed by atoms with Gasteiger partial charge in [-0.3, -0.25) is 0 Å². The molecule has 0 aliphatic heterocycles. The lowest BCUT2D eigenvalue weighted by Gasteiger charge is -2.36. The Kier molecular flexibility index (Phi) is 5.77. The van der Waals surface area contributed by atoms with E-state index in [9.17, 15) is 5.21 Å². The third-order valence-corrected chi connectivity index (χ3v) is 1.20. The van der Waals surface area contributed by atoms with Crippen LogP contribution in [0.4, 0.5) is 0 Å². The molecule has 0 unspecified atom stereocenters. The van der Waals surface area contributed by atoms with Gasteiger partial charge in [0.25, 0.3) is 0 Å². The largest absolute Gasteiger partial charge is 0.755 e. The molecule has 5 heteroatoms. The molecular weight excluding hydrogens is 146 g/mol. The Bertz CT molecular complexity index is 106. The van der Waals surface area contributed by atoms with Crippen molar-refractivity contribution in [3.8, 4) is 0 Å². The van der Waals surface area contributed by atoms with E-state index >= 15 is 0 Å². The van der Waals surface area contributed by atoms with Crippen molar-refractivity contribution in [1.82, 2.24) is 15.9 Å². The zero-order valence-electron chi connectivity index (χ0n) is 6.91. The quantitative estimate of drug-likeness (QED) is 0.456. The van der Waals surface area contributed by atoms with Crippen molar-refractivity contribution < 1.29 is 4.84 Å². The van der Waals surface area contributed by atoms with Crippen molar-refractivity contribution in [2.45, 2.75) is 13.8 Å². The van der Waals surface area contributed by atoms with Gasteiger partial charge in [-0.15, -0.1) is 0 Å². The molecule has 0 heterocycles. The van der Waals surface area contributed by atoms with Crippen LogP contribution in [0.15, 0.2) is 12.8 Å². The molecule has 0 amide bonds. The van der Waals surface area contributed by atoms with Gasteiger partial charge < -0.3 is 10.0 Å². The van der Waals surface area contributed by atoms with E-state index in [1.54, 1.807) is 0 Å². The zero-order valence-corrected chi connectivity index (χ0v) is 6.91. The minimum Gasteiger partial charge on any atom is -0.755 e. The van der Waals surface area contributed by atoms with Crippen LogP contribution in [-0.4, -0.2) is 23.4 Å². The molecule has 1 N–H and O–H groups in total. The van der Waals surface area contributed by atoms with Crippen LogP contribution < -0.4 is 5.59 Å². The molecule has 0 spiro atoms. The summed E-state index contributed by atoms with van der Waals surface area (Å²) in [5, 5.41) is 13.0. The Morgan fingerprint density at radius 3 is 2.45 bits per heavy atom. The van der Waals surface area contributed by atoms with Crippen molar-refractivity contribution >= 4 is 0 Å². The highest BCUT2D eigenvalue weighted by molar-refractivity contribution is 4.48. The molecule has 0 saturated heterocycles. The highest BCUT2D eigenvalue weighted by Gasteiger charge is 1.98. The van der Waals surface area contributed by atoms with Gasteiger partial charge in [0.1, 0.15) is 6.26 Å². The molecule has 0 atom stereocenters. The second-order valence-corrected chi connectivity index (χ2v) is 1.79. The predicted molar refractivity (Wildman–Crippen MR) is 42.5 cm³/mol. The van der Waals surface area contributed by atoms with E-state index in [4.69, 9.17) is 0 Å². The number of nitrogens with zero attached hydrogens (tertiary/aromatic N) is 2. The van der Waals surface area contributed by atoms with E-state index in [0.717, 1.165) is 6.26 Å². The standard InChI is InChI=1S/C6H14N3O2/c1-4-8(5-2)9(10)7-11-6-3/h6-7H,3-5H2,1-2H3/q-1. The Hall–Kier alpha value is -0.620. The maximum absolute atomic E-state index is 10.9. The lowest BCUT2D eigenvalue weighted by molar-refractivity contribution is -0.125. The lowest BCUT2D eigenvalue weighted by atomic mass is 10.6. The molecule has 0 aromatic carbocycles. The molecule has 5 nitrogen and oxygen atoms in total. The number of rotatable bonds is 6. The SMILES string of the molecule is C=CONN([O-])N(CC)CC. The van der Waals surface area contributed by atoms with Gasteiger partial charge in [0.15, 0.2) is 0 Å². The number of hydrogen-bond donors (Lipinski definition) is 1. The predicted octanol–water partition coefficient (Wildman–Crippen LogP) is 0.623. The summed E-state index contributed by atoms with van der Waals surface area (Å²) in [6, 6.07) is 0. The molecule has 0 radical (unpaired) electrons. The Labute approximate surface area is 66.7 Å². The van der Waals surface area contributed by atoms with Crippen LogP contribution in [0.5, 0.6) is 0 Å². The summed E-state index contributed by atoms with van der Waals surface area (Å²) in [7, 11) is 0. The summed E-state index contributed by atoms with van der Waals surface area (Å²) >= 11 is 0. The van der Waals surface area contributed by atoms with E-state index in [1.807, 2.05) is 13.8 Å². The molecule has 0 aromatic rings. The molecule has 0 aliphatic rings. The first kappa shape index (κ1) is 10.4. The van der Waals surface area contributed by atoms with Gasteiger partial charge in [0.05, 0.1) is 0 Å². The fraction of sp³-hybridized carbons (Fsp3) is 0.667. The highest BCUT2D eigenvalue weighted by Crippen LogP contribution is 1.90. The molecule has 66 valence electrons. The Balaban J connectivity index is 3.59. The van der Waals surface area contributed by atoms with E-state index in [2.05, 4.69) is 17.0 Å². The number of hydrogen-bond acceptors (Lipinski definition) is 5. The van der Waals surface area contributed by atoms with Crippen molar-refractivity contribution in [3.63, 3.8) is 0 Å². The van der Waals surface area contributed by atoms with Crippen molar-refractivity contribution in [1.29, 1.82) is 0 Å². The van der Waals surface area contributed by atoms with Gasteiger partial charge in [0, 0.05) is 13.1 Å². The molecule has 11 heavy (non-hydrogen) atoms. The molecule has 0 rings (SSSR count). The van der Waals surface area contributed by atoms with Crippen molar-refractivity contribution in [2.75, 3.05) is 13.1 Å². The minimum absolute atomic E-state index is 0.529. The monoisotopic (exact) mass is 160 g/mol. The normalized spacial score (nSPS) is 10.6. The first-order valence-electron chi connectivity index (χ1n) is 3.50. The van der Waals surface area contributed by atoms with Crippen LogP contribution in [-0.2, 0) is 4.84 Å². The second kappa shape index (κ2) is 6.11. The van der Waals surface area contributed by atoms with Crippen LogP contribution in [0.1, 0.15) is 13.8 Å². The molecule has 0 fully saturated rings. The van der Waals surface area contributed by atoms with Gasteiger partial charge in [0.2, 0.25) is 0 Å². The number of nitrogens with one attached hydrogen (secondary N) is 1. The molecule has 0 aromatic heterocycles. The van der Waals surface area contributed by atoms with Gasteiger partial charge >= 0.3 is 0 Å². The van der Waals surface area contributed by atoms with Gasteiger partial charge in [-0.1, -0.05) is 26.0 Å². The van der Waals surface area contributed by atoms with Crippen molar-refractivity contribution in [3.05, 3.63) is 18.0 Å². The summed E-state index contributed by atoms with van der Waals surface area (Å²) in [6.07, 6.45) is 1.15. The smallest absolute Gasteiger partial charge is 0.106 e. The maximum atomic E-state index is 10.9. The van der Waals surface area contributed by atoms with Gasteiger partial charge in [-0.05, 0) is 0 Å². The topological polar surface area (TPSA) is 50.8 Å². The third kappa shape index (κ3) is 3.94. The van der Waals surface area contributed by atoms with Crippen LogP contribution in [0.25, 0.3) is 0 Å². The summed E-state index contributed by atoms with van der Waals surface area (Å²) in [6.45, 7) is 8.30. The summed E-state index contributed by atoms with van der Waals surface area (Å²) < 4.78 is 0. The Morgan fingerprint density at radius 1 is 1.55 bits per heavy atom. The third-order valence-electron chi connectivity index (χ3n) is 1.20. The molecule has 0 bridgehead atoms. The summed E-state index contributed by atoms with van der Waals surface area (Å²) in [5.74, 6) is 0. The molecule has 0 aliphatic carbocycles. The minimum atomic E-state index is 0.529. The summed E-state index contributed by atoms with van der Waals surface area (Å²) in [4.78, 5) is 4.47. The zero-order chi connectivity index (χ0) is 8.69. The Morgan fingerprint density at radius 2 is 2.09 bits per heavy atom. The van der Waals surface area contributed by atoms with Crippen LogP contribution >= 0.6 is 0 Å². The van der Waals surface area contributed by atoms with E-state index < -0.39 is 0 Å². The van der Waals surface area contributed by atoms with Crippen molar-refractivity contribution in [2.24, 2.45) is 0 Å². The van der Waals surface area contributed by atoms with Crippen LogP contribution in [0, 0.1) is 5.21 Å². The van der Waals surface area contributed by atoms with E-state index in [0.29, 0.717) is 18.4 Å².